The van der Waals surface area contributed by atoms with E-state index in [2.05, 4.69) is 34.1 Å². The van der Waals surface area contributed by atoms with Crippen LogP contribution in [0.25, 0.3) is 0 Å². The Bertz CT molecular complexity index is 3310. The molecule has 2 aliphatic heterocycles. The zero-order valence-corrected chi connectivity index (χ0v) is 59.3. The van der Waals surface area contributed by atoms with Crippen LogP contribution in [0, 0.1) is 60.2 Å². The predicted octanol–water partition coefficient (Wildman–Crippen LogP) is 12.4. The lowest BCUT2D eigenvalue weighted by molar-refractivity contribution is -0.135. The monoisotopic (exact) mass is 1320 g/mol. The molecule has 97 heavy (non-hydrogen) atoms. The van der Waals surface area contributed by atoms with Gasteiger partial charge >= 0.3 is 0 Å². The zero-order valence-electron chi connectivity index (χ0n) is 59.3. The van der Waals surface area contributed by atoms with Gasteiger partial charge in [0.25, 0.3) is 0 Å². The van der Waals surface area contributed by atoms with E-state index in [4.69, 9.17) is 9.47 Å². The molecule has 15 heteroatoms. The number of carbonyl (C=O) groups excluding carboxylic acids is 9. The number of carbonyl (C=O) groups is 9. The van der Waals surface area contributed by atoms with Crippen molar-refractivity contribution in [2.24, 2.45) is 47.3 Å². The van der Waals surface area contributed by atoms with E-state index in [1.54, 1.807) is 13.8 Å². The summed E-state index contributed by atoms with van der Waals surface area (Å²) in [7, 11) is 0. The lowest BCUT2D eigenvalue weighted by Gasteiger charge is -2.27. The Labute approximate surface area is 578 Å². The summed E-state index contributed by atoms with van der Waals surface area (Å²) in [5, 5.41) is 12.0. The first kappa shape index (κ1) is 79.5. The Kier molecular flexibility index (Phi) is 32.7. The number of ether oxygens (including phenoxy) is 2. The molecule has 2 aliphatic rings. The van der Waals surface area contributed by atoms with Crippen LogP contribution < -0.4 is 21.3 Å². The fourth-order valence-electron chi connectivity index (χ4n) is 12.0. The molecule has 7 rings (SSSR count). The molecule has 2 fully saturated rings. The molecule has 0 radical (unpaired) electrons. The number of ketones is 5. The van der Waals surface area contributed by atoms with Crippen molar-refractivity contribution < 1.29 is 52.6 Å². The average Bonchev–Trinajstić information content (AvgIpc) is 1.66. The van der Waals surface area contributed by atoms with Crippen LogP contribution in [-0.4, -0.2) is 101 Å². The highest BCUT2D eigenvalue weighted by atomic mass is 16.6. The quantitative estimate of drug-likeness (QED) is 0.0213. The Morgan fingerprint density at radius 3 is 1.01 bits per heavy atom. The van der Waals surface area contributed by atoms with Crippen LogP contribution in [0.4, 0.5) is 0 Å². The number of terminal acetylenes is 1. The SMILES string of the molecule is C#C.CC(C)C[C@H](NC(=O)[C@@H](C)CCc1ccccc1)C(=O)C[C@@H](Cc1ccccc1)C(=O)N[C@@H](CC(C)C)C(=O)[C@@]1(C)CO1.CC(C)C[C@H](NC(=O)[C@H](CCc1ccccc1)CC(=O)Cc1ccccc1)C(=O)C[C@@H](Cc1ccccc1)C(=O)N[C@@H](CC(C)C)C(=O)[C@@]1(C)CO1. The van der Waals surface area contributed by atoms with Crippen LogP contribution in [-0.2, 0) is 84.7 Å². The van der Waals surface area contributed by atoms with Crippen molar-refractivity contribution in [2.75, 3.05) is 13.2 Å². The normalized spacial score (nSPS) is 17.8. The maximum atomic E-state index is 14.2. The van der Waals surface area contributed by atoms with Crippen LogP contribution in [0.5, 0.6) is 0 Å². The highest BCUT2D eigenvalue weighted by Crippen LogP contribution is 2.32. The van der Waals surface area contributed by atoms with Gasteiger partial charge in [0, 0.05) is 49.4 Å². The molecule has 0 aliphatic carbocycles. The van der Waals surface area contributed by atoms with Gasteiger partial charge in [-0.15, -0.1) is 12.8 Å². The van der Waals surface area contributed by atoms with Gasteiger partial charge in [0.15, 0.2) is 23.1 Å². The van der Waals surface area contributed by atoms with E-state index in [1.165, 1.54) is 5.56 Å². The van der Waals surface area contributed by atoms with Gasteiger partial charge in [-0.1, -0.05) is 214 Å². The lowest BCUT2D eigenvalue weighted by Crippen LogP contribution is -2.50. The molecule has 4 amide bonds. The zero-order chi connectivity index (χ0) is 71.2. The molecule has 10 atom stereocenters. The third-order valence-corrected chi connectivity index (χ3v) is 17.9. The number of nitrogens with one attached hydrogen (secondary N) is 4. The average molecular weight is 1330 g/mol. The Hall–Kier alpha value is -8.19. The Morgan fingerprint density at radius 2 is 0.670 bits per heavy atom. The Balaban J connectivity index is 0.000000348. The molecule has 522 valence electrons. The van der Waals surface area contributed by atoms with Crippen molar-refractivity contribution in [2.45, 2.75) is 201 Å². The number of Topliss-reactive ketones (excluding diaryl/α,β-unsaturated/α-hetero) is 5. The highest BCUT2D eigenvalue weighted by Gasteiger charge is 2.51. The van der Waals surface area contributed by atoms with Crippen LogP contribution in [0.1, 0.15) is 162 Å². The third-order valence-electron chi connectivity index (χ3n) is 17.9. The standard InChI is InChI=1S/C44H56N2O6.C36H50N2O5.C2H2/c1-30(2)23-38(45-42(50)35(22-21-32-15-9-6-10-16-32)27-37(47)26-34-19-13-8-14-20-34)40(48)28-36(25-33-17-11-7-12-18-33)43(51)46-39(24-31(3)4)41(49)44(5)29-52-44;1-24(2)19-30(37-34(41)26(5)17-18-27-13-9-7-10-14-27)32(39)22-29(21-28-15-11-8-12-16-28)35(42)38-31(20-25(3)4)33(40)36(6)23-43-36;1-2/h6-20,30-31,35-36,38-39H,21-29H2,1-5H3,(H,45,50)(H,46,51);7-16,24-26,29-31H,17-23H2,1-6H3,(H,37,41)(H,38,42);1-2H/t35-,36-,38+,39+,44-;26-,29+,30-,31-,36+;/m10./s1. The van der Waals surface area contributed by atoms with Crippen molar-refractivity contribution in [3.63, 3.8) is 0 Å². The maximum absolute atomic E-state index is 14.2. The highest BCUT2D eigenvalue weighted by molar-refractivity contribution is 5.99. The van der Waals surface area contributed by atoms with Gasteiger partial charge in [0.2, 0.25) is 23.6 Å². The molecule has 0 unspecified atom stereocenters. The van der Waals surface area contributed by atoms with E-state index in [-0.39, 0.29) is 108 Å². The number of benzene rings is 5. The van der Waals surface area contributed by atoms with Gasteiger partial charge in [-0.25, -0.2) is 0 Å². The van der Waals surface area contributed by atoms with Crippen LogP contribution in [0.3, 0.4) is 0 Å². The van der Waals surface area contributed by atoms with Gasteiger partial charge in [0.1, 0.15) is 17.0 Å². The first-order valence-corrected chi connectivity index (χ1v) is 34.9. The molecule has 5 aromatic rings. The van der Waals surface area contributed by atoms with Crippen molar-refractivity contribution in [1.29, 1.82) is 0 Å². The van der Waals surface area contributed by atoms with Crippen molar-refractivity contribution in [3.05, 3.63) is 179 Å². The minimum atomic E-state index is -0.899. The number of aryl methyl sites for hydroxylation is 2. The molecule has 0 saturated carbocycles. The van der Waals surface area contributed by atoms with E-state index in [9.17, 15) is 43.2 Å². The van der Waals surface area contributed by atoms with Crippen molar-refractivity contribution >= 4 is 52.5 Å². The second-order valence-electron chi connectivity index (χ2n) is 28.7. The van der Waals surface area contributed by atoms with Gasteiger partial charge in [-0.05, 0) is 130 Å². The predicted molar refractivity (Wildman–Crippen MR) is 383 cm³/mol. The van der Waals surface area contributed by atoms with E-state index in [1.807, 2.05) is 214 Å². The van der Waals surface area contributed by atoms with Crippen LogP contribution >= 0.6 is 0 Å². The summed E-state index contributed by atoms with van der Waals surface area (Å²) in [5.41, 5.74) is 3.19. The molecule has 4 N–H and O–H groups in total. The number of hydrogen-bond acceptors (Lipinski definition) is 11. The molecular formula is C82H108N4O11. The molecule has 0 bridgehead atoms. The van der Waals surface area contributed by atoms with Gasteiger partial charge in [-0.2, -0.15) is 0 Å². The second kappa shape index (κ2) is 39.9. The van der Waals surface area contributed by atoms with Crippen molar-refractivity contribution in [3.8, 4) is 12.8 Å². The fourth-order valence-corrected chi connectivity index (χ4v) is 12.0. The second-order valence-corrected chi connectivity index (χ2v) is 28.7. The van der Waals surface area contributed by atoms with E-state index in [0.717, 1.165) is 28.7 Å². The summed E-state index contributed by atoms with van der Waals surface area (Å²) in [6, 6.07) is 45.5. The largest absolute Gasteiger partial charge is 0.361 e. The molecule has 0 spiro atoms. The summed E-state index contributed by atoms with van der Waals surface area (Å²) in [5.74, 6) is -3.71. The summed E-state index contributed by atoms with van der Waals surface area (Å²) >= 11 is 0. The van der Waals surface area contributed by atoms with Gasteiger partial charge in [0.05, 0.1) is 37.4 Å². The Morgan fingerprint density at radius 1 is 0.381 bits per heavy atom. The fraction of sp³-hybridized carbons (Fsp3) is 0.500. The smallest absolute Gasteiger partial charge is 0.224 e. The summed E-state index contributed by atoms with van der Waals surface area (Å²) in [4.78, 5) is 123. The molecule has 2 heterocycles. The van der Waals surface area contributed by atoms with Gasteiger partial charge in [-0.3, -0.25) is 43.2 Å². The number of amides is 4. The number of hydrogen-bond donors (Lipinski definition) is 4. The van der Waals surface area contributed by atoms with E-state index >= 15 is 0 Å². The molecule has 15 nitrogen and oxygen atoms in total. The molecule has 0 aromatic heterocycles. The van der Waals surface area contributed by atoms with Crippen molar-refractivity contribution in [1.82, 2.24) is 21.3 Å². The third kappa shape index (κ3) is 28.1. The summed E-state index contributed by atoms with van der Waals surface area (Å²) in [6.45, 7) is 22.1. The minimum Gasteiger partial charge on any atom is -0.361 e. The summed E-state index contributed by atoms with van der Waals surface area (Å²) < 4.78 is 10.8. The number of epoxide rings is 2. The summed E-state index contributed by atoms with van der Waals surface area (Å²) in [6.07, 6.45) is 13.1. The first-order valence-electron chi connectivity index (χ1n) is 34.9. The van der Waals surface area contributed by atoms with Gasteiger partial charge < -0.3 is 30.7 Å². The maximum Gasteiger partial charge on any atom is 0.224 e. The van der Waals surface area contributed by atoms with E-state index < -0.39 is 53.1 Å². The lowest BCUT2D eigenvalue weighted by atomic mass is 9.87. The number of rotatable bonds is 40. The van der Waals surface area contributed by atoms with Crippen LogP contribution in [0.2, 0.25) is 0 Å². The van der Waals surface area contributed by atoms with E-state index in [0.29, 0.717) is 71.0 Å². The molecule has 2 saturated heterocycles. The molecule has 5 aromatic carbocycles. The molecular weight excluding hydrogens is 1220 g/mol. The first-order chi connectivity index (χ1) is 46.2. The topological polar surface area (TPSA) is 227 Å². The minimum absolute atomic E-state index is 0.0346. The van der Waals surface area contributed by atoms with Crippen LogP contribution in [0.15, 0.2) is 152 Å².